The summed E-state index contributed by atoms with van der Waals surface area (Å²) in [5.74, 6) is 6.24. The van der Waals surface area contributed by atoms with E-state index in [9.17, 15) is 0 Å². The molecule has 1 aromatic rings. The number of nitrogens with one attached hydrogen (secondary N) is 1. The lowest BCUT2D eigenvalue weighted by Crippen LogP contribution is -2.21. The second kappa shape index (κ2) is 4.64. The van der Waals surface area contributed by atoms with E-state index in [1.807, 2.05) is 6.07 Å². The Kier molecular flexibility index (Phi) is 3.48. The first kappa shape index (κ1) is 9.76. The summed E-state index contributed by atoms with van der Waals surface area (Å²) in [5, 5.41) is 0. The van der Waals surface area contributed by atoms with Crippen molar-refractivity contribution in [2.24, 2.45) is 5.84 Å². The molecule has 0 aromatic carbocycles. The van der Waals surface area contributed by atoms with E-state index < -0.39 is 0 Å². The number of hydrazine groups is 1. The molecule has 1 rings (SSSR count). The normalized spacial score (nSPS) is 9.77. The standard InChI is InChI=1S/C8H13N3O2/c1-12-7-4-3-6(5-10-9)8(11-7)13-2/h3-4,10H,5,9H2,1-2H3. The van der Waals surface area contributed by atoms with Gasteiger partial charge in [-0.25, -0.2) is 0 Å². The quantitative estimate of drug-likeness (QED) is 0.510. The van der Waals surface area contributed by atoms with Crippen molar-refractivity contribution in [2.45, 2.75) is 6.54 Å². The molecule has 0 saturated carbocycles. The fourth-order valence-corrected chi connectivity index (χ4v) is 0.987. The highest BCUT2D eigenvalue weighted by atomic mass is 16.5. The summed E-state index contributed by atoms with van der Waals surface area (Å²) in [6, 6.07) is 3.61. The lowest BCUT2D eigenvalue weighted by molar-refractivity contribution is 0.360. The number of nitrogens with two attached hydrogens (primary N) is 1. The topological polar surface area (TPSA) is 69.4 Å². The van der Waals surface area contributed by atoms with Crippen molar-refractivity contribution in [3.63, 3.8) is 0 Å². The molecule has 3 N–H and O–H groups in total. The smallest absolute Gasteiger partial charge is 0.220 e. The van der Waals surface area contributed by atoms with Crippen molar-refractivity contribution in [3.8, 4) is 11.8 Å². The molecule has 0 unspecified atom stereocenters. The van der Waals surface area contributed by atoms with Gasteiger partial charge in [0.2, 0.25) is 11.8 Å². The van der Waals surface area contributed by atoms with Gasteiger partial charge in [-0.15, -0.1) is 0 Å². The van der Waals surface area contributed by atoms with Crippen LogP contribution in [0.5, 0.6) is 11.8 Å². The van der Waals surface area contributed by atoms with Crippen LogP contribution in [0.15, 0.2) is 12.1 Å². The number of hydrogen-bond acceptors (Lipinski definition) is 5. The van der Waals surface area contributed by atoms with Crippen LogP contribution in [0.4, 0.5) is 0 Å². The summed E-state index contributed by atoms with van der Waals surface area (Å²) in [6.45, 7) is 0.514. The SMILES string of the molecule is COc1ccc(CNN)c(OC)n1. The molecule has 0 bridgehead atoms. The Morgan fingerprint density at radius 2 is 2.15 bits per heavy atom. The van der Waals surface area contributed by atoms with Crippen LogP contribution in [-0.4, -0.2) is 19.2 Å². The van der Waals surface area contributed by atoms with Crippen molar-refractivity contribution in [1.29, 1.82) is 0 Å². The lowest BCUT2D eigenvalue weighted by Gasteiger charge is -2.07. The van der Waals surface area contributed by atoms with E-state index in [1.54, 1.807) is 20.3 Å². The first-order valence-corrected chi connectivity index (χ1v) is 3.83. The molecule has 72 valence electrons. The molecule has 1 heterocycles. The maximum atomic E-state index is 5.19. The summed E-state index contributed by atoms with van der Waals surface area (Å²) in [5.41, 5.74) is 3.43. The molecule has 0 aliphatic carbocycles. The average molecular weight is 183 g/mol. The van der Waals surface area contributed by atoms with Gasteiger partial charge in [-0.05, 0) is 6.07 Å². The molecule has 13 heavy (non-hydrogen) atoms. The summed E-state index contributed by atoms with van der Waals surface area (Å²) in [4.78, 5) is 4.09. The highest BCUT2D eigenvalue weighted by Crippen LogP contribution is 2.18. The predicted molar refractivity (Wildman–Crippen MR) is 48.4 cm³/mol. The van der Waals surface area contributed by atoms with Gasteiger partial charge in [0.1, 0.15) is 0 Å². The third-order valence-electron chi connectivity index (χ3n) is 1.61. The molecule has 0 radical (unpaired) electrons. The second-order valence-electron chi connectivity index (χ2n) is 2.40. The molecule has 0 aliphatic heterocycles. The van der Waals surface area contributed by atoms with Crippen molar-refractivity contribution in [2.75, 3.05) is 14.2 Å². The Hall–Kier alpha value is -1.33. The van der Waals surface area contributed by atoms with Gasteiger partial charge in [0.15, 0.2) is 0 Å². The van der Waals surface area contributed by atoms with Crippen molar-refractivity contribution in [3.05, 3.63) is 17.7 Å². The molecule has 0 spiro atoms. The number of rotatable bonds is 4. The van der Waals surface area contributed by atoms with Gasteiger partial charge in [-0.1, -0.05) is 0 Å². The number of ether oxygens (including phenoxy) is 2. The van der Waals surface area contributed by atoms with E-state index in [0.29, 0.717) is 18.3 Å². The Morgan fingerprint density at radius 3 is 2.69 bits per heavy atom. The second-order valence-corrected chi connectivity index (χ2v) is 2.40. The van der Waals surface area contributed by atoms with Crippen LogP contribution in [0, 0.1) is 0 Å². The van der Waals surface area contributed by atoms with E-state index in [4.69, 9.17) is 15.3 Å². The molecule has 0 amide bonds. The number of pyridine rings is 1. The number of hydrogen-bond donors (Lipinski definition) is 2. The van der Waals surface area contributed by atoms with Gasteiger partial charge in [0.25, 0.3) is 0 Å². The lowest BCUT2D eigenvalue weighted by atomic mass is 10.3. The van der Waals surface area contributed by atoms with E-state index >= 15 is 0 Å². The number of nitrogens with zero attached hydrogens (tertiary/aromatic N) is 1. The highest BCUT2D eigenvalue weighted by Gasteiger charge is 2.04. The van der Waals surface area contributed by atoms with Gasteiger partial charge in [-0.3, -0.25) is 11.3 Å². The third-order valence-corrected chi connectivity index (χ3v) is 1.61. The van der Waals surface area contributed by atoms with Gasteiger partial charge >= 0.3 is 0 Å². The van der Waals surface area contributed by atoms with E-state index in [0.717, 1.165) is 5.56 Å². The van der Waals surface area contributed by atoms with E-state index in [1.165, 1.54) is 0 Å². The maximum absolute atomic E-state index is 5.19. The summed E-state index contributed by atoms with van der Waals surface area (Å²) >= 11 is 0. The molecule has 5 nitrogen and oxygen atoms in total. The maximum Gasteiger partial charge on any atom is 0.220 e. The summed E-state index contributed by atoms with van der Waals surface area (Å²) < 4.78 is 10.0. The number of methoxy groups -OCH3 is 2. The first-order chi connectivity index (χ1) is 6.31. The Balaban J connectivity index is 2.93. The van der Waals surface area contributed by atoms with Crippen LogP contribution in [-0.2, 0) is 6.54 Å². The molecule has 0 fully saturated rings. The van der Waals surface area contributed by atoms with Crippen LogP contribution in [0.3, 0.4) is 0 Å². The van der Waals surface area contributed by atoms with Gasteiger partial charge in [-0.2, -0.15) is 4.98 Å². The highest BCUT2D eigenvalue weighted by molar-refractivity contribution is 5.30. The fourth-order valence-electron chi connectivity index (χ4n) is 0.987. The van der Waals surface area contributed by atoms with Crippen LogP contribution in [0.1, 0.15) is 5.56 Å². The monoisotopic (exact) mass is 183 g/mol. The van der Waals surface area contributed by atoms with E-state index in [-0.39, 0.29) is 0 Å². The third kappa shape index (κ3) is 2.30. The first-order valence-electron chi connectivity index (χ1n) is 3.83. The summed E-state index contributed by atoms with van der Waals surface area (Å²) in [7, 11) is 3.12. The Labute approximate surface area is 76.8 Å². The molecular weight excluding hydrogens is 170 g/mol. The fraction of sp³-hybridized carbons (Fsp3) is 0.375. The molecular formula is C8H13N3O2. The molecule has 0 atom stereocenters. The van der Waals surface area contributed by atoms with Crippen molar-refractivity contribution in [1.82, 2.24) is 10.4 Å². The van der Waals surface area contributed by atoms with Crippen LogP contribution in [0.25, 0.3) is 0 Å². The molecule has 5 heteroatoms. The number of aromatic nitrogens is 1. The largest absolute Gasteiger partial charge is 0.481 e. The zero-order chi connectivity index (χ0) is 9.68. The minimum Gasteiger partial charge on any atom is -0.481 e. The van der Waals surface area contributed by atoms with Crippen LogP contribution in [0.2, 0.25) is 0 Å². The minimum absolute atomic E-state index is 0.514. The molecule has 1 aromatic heterocycles. The zero-order valence-corrected chi connectivity index (χ0v) is 7.70. The zero-order valence-electron chi connectivity index (χ0n) is 7.70. The average Bonchev–Trinajstić information content (AvgIpc) is 2.19. The molecule has 0 aliphatic rings. The van der Waals surface area contributed by atoms with Crippen molar-refractivity contribution < 1.29 is 9.47 Å². The Morgan fingerprint density at radius 1 is 1.38 bits per heavy atom. The van der Waals surface area contributed by atoms with Crippen LogP contribution < -0.4 is 20.7 Å². The predicted octanol–water partition coefficient (Wildman–Crippen LogP) is 0.0621. The summed E-state index contributed by atoms with van der Waals surface area (Å²) in [6.07, 6.45) is 0. The molecule has 0 saturated heterocycles. The van der Waals surface area contributed by atoms with Crippen LogP contribution >= 0.6 is 0 Å². The Bertz CT molecular complexity index is 278. The minimum atomic E-state index is 0.514. The van der Waals surface area contributed by atoms with Crippen molar-refractivity contribution >= 4 is 0 Å². The van der Waals surface area contributed by atoms with Gasteiger partial charge < -0.3 is 9.47 Å². The van der Waals surface area contributed by atoms with Gasteiger partial charge in [0, 0.05) is 18.2 Å². The van der Waals surface area contributed by atoms with Gasteiger partial charge in [0.05, 0.1) is 14.2 Å². The van der Waals surface area contributed by atoms with E-state index in [2.05, 4.69) is 10.4 Å².